The number of benzene rings is 3. The molecule has 43 heavy (non-hydrogen) atoms. The van der Waals surface area contributed by atoms with Crippen molar-refractivity contribution in [3.63, 3.8) is 0 Å². The van der Waals surface area contributed by atoms with E-state index in [2.05, 4.69) is 10.6 Å². The summed E-state index contributed by atoms with van der Waals surface area (Å²) in [7, 11) is 0. The number of carbonyl (C=O) groups is 2. The average Bonchev–Trinajstić information content (AvgIpc) is 3.36. The molecule has 10 nitrogen and oxygen atoms in total. The number of hydrogen-bond donors (Lipinski definition) is 3. The molecule has 0 saturated heterocycles. The number of nitrogens with one attached hydrogen (secondary N) is 2. The minimum atomic E-state index is -4.94. The Morgan fingerprint density at radius 3 is 2.21 bits per heavy atom. The van der Waals surface area contributed by atoms with Crippen molar-refractivity contribution in [1.29, 1.82) is 0 Å². The highest BCUT2D eigenvalue weighted by Gasteiger charge is 2.38. The van der Waals surface area contributed by atoms with Gasteiger partial charge in [-0.15, -0.1) is 0 Å². The number of amides is 2. The number of primary amides is 1. The Bertz CT molecular complexity index is 1670. The van der Waals surface area contributed by atoms with Crippen molar-refractivity contribution < 1.29 is 50.0 Å². The number of carbonyl (C=O) groups excluding carboxylic acids is 2. The van der Waals surface area contributed by atoms with Gasteiger partial charge < -0.3 is 25.5 Å². The van der Waals surface area contributed by atoms with Gasteiger partial charge in [0, 0.05) is 29.2 Å². The van der Waals surface area contributed by atoms with Gasteiger partial charge in [0.1, 0.15) is 22.7 Å². The Morgan fingerprint density at radius 1 is 0.930 bits per heavy atom. The number of anilines is 2. The number of nitrogens with two attached hydrogens (primary N) is 1. The predicted octanol–water partition coefficient (Wildman–Crippen LogP) is 6.23. The molecule has 1 atom stereocenters. The smallest absolute Gasteiger partial charge is 0.423 e. The summed E-state index contributed by atoms with van der Waals surface area (Å²) in [4.78, 5) is 33.1. The maximum absolute atomic E-state index is 13.2. The number of nitro groups is 1. The maximum atomic E-state index is 13.2. The zero-order valence-corrected chi connectivity index (χ0v) is 21.6. The number of nitro benzene ring substituents is 1. The first-order chi connectivity index (χ1) is 20.1. The average molecular weight is 610 g/mol. The van der Waals surface area contributed by atoms with Crippen LogP contribution in [0.2, 0.25) is 0 Å². The number of halogens is 6. The molecule has 226 valence electrons. The summed E-state index contributed by atoms with van der Waals surface area (Å²) in [5.41, 5.74) is 2.02. The molecule has 1 heterocycles. The molecule has 0 radical (unpaired) electrons. The molecule has 4 aromatic rings. The highest BCUT2D eigenvalue weighted by atomic mass is 19.4. The molecule has 3 aromatic carbocycles. The van der Waals surface area contributed by atoms with Crippen molar-refractivity contribution in [3.05, 3.63) is 93.7 Å². The van der Waals surface area contributed by atoms with Crippen molar-refractivity contribution in [2.24, 2.45) is 5.73 Å². The summed E-state index contributed by atoms with van der Waals surface area (Å²) in [5, 5.41) is 16.1. The van der Waals surface area contributed by atoms with Crippen molar-refractivity contribution in [2.45, 2.75) is 24.8 Å². The van der Waals surface area contributed by atoms with Crippen molar-refractivity contribution in [3.8, 4) is 5.75 Å². The summed E-state index contributed by atoms with van der Waals surface area (Å²) in [6.45, 7) is -0.0847. The van der Waals surface area contributed by atoms with E-state index in [9.17, 15) is 46.0 Å². The van der Waals surface area contributed by atoms with Crippen LogP contribution in [-0.4, -0.2) is 23.3 Å². The first-order valence-corrected chi connectivity index (χ1v) is 12.2. The highest BCUT2D eigenvalue weighted by Crippen LogP contribution is 2.38. The Hall–Kier alpha value is -5.28. The van der Waals surface area contributed by atoms with Gasteiger partial charge in [-0.25, -0.2) is 0 Å². The van der Waals surface area contributed by atoms with Crippen LogP contribution in [0.5, 0.6) is 5.75 Å². The van der Waals surface area contributed by atoms with Gasteiger partial charge in [-0.1, -0.05) is 0 Å². The molecule has 0 saturated carbocycles. The molecule has 1 unspecified atom stereocenters. The lowest BCUT2D eigenvalue weighted by Crippen LogP contribution is -2.38. The number of fused-ring (bicyclic) bond motifs is 1. The molecule has 2 amide bonds. The zero-order valence-electron chi connectivity index (χ0n) is 21.6. The lowest BCUT2D eigenvalue weighted by Gasteiger charge is -2.16. The molecule has 4 N–H and O–H groups in total. The number of furan rings is 1. The van der Waals surface area contributed by atoms with Gasteiger partial charge in [0.05, 0.1) is 23.1 Å². The first-order valence-electron chi connectivity index (χ1n) is 12.2. The van der Waals surface area contributed by atoms with Gasteiger partial charge >= 0.3 is 24.2 Å². The van der Waals surface area contributed by atoms with Gasteiger partial charge in [-0.05, 0) is 60.7 Å². The van der Waals surface area contributed by atoms with Gasteiger partial charge in [-0.3, -0.25) is 19.7 Å². The van der Waals surface area contributed by atoms with E-state index in [1.54, 1.807) is 0 Å². The molecule has 0 bridgehead atoms. The minimum absolute atomic E-state index is 0.00597. The largest absolute Gasteiger partial charge is 0.494 e. The molecular formula is C27H20F6N4O6. The Labute approximate surface area is 237 Å². The van der Waals surface area contributed by atoms with E-state index in [0.717, 1.165) is 30.3 Å². The summed E-state index contributed by atoms with van der Waals surface area (Å²) in [6.07, 6.45) is -9.53. The van der Waals surface area contributed by atoms with Gasteiger partial charge in [-0.2, -0.15) is 26.3 Å². The Morgan fingerprint density at radius 2 is 1.60 bits per heavy atom. The lowest BCUT2D eigenvalue weighted by atomic mass is 10.1. The van der Waals surface area contributed by atoms with Crippen LogP contribution in [0, 0.1) is 10.1 Å². The van der Waals surface area contributed by atoms with Crippen LogP contribution in [0.4, 0.5) is 43.4 Å². The first kappa shape index (κ1) is 30.7. The van der Waals surface area contributed by atoms with E-state index in [-0.39, 0.29) is 35.4 Å². The van der Waals surface area contributed by atoms with Crippen LogP contribution in [0.25, 0.3) is 11.0 Å². The van der Waals surface area contributed by atoms with E-state index >= 15 is 0 Å². The SMILES string of the molecule is NC(=O)C(=O)NC(CCOc1ccc(Nc2ccc([N+](=O)[O-])c(C(F)(F)F)c2)cc1)c1cc2cc(C(F)(F)F)ccc2o1. The molecule has 0 spiro atoms. The number of alkyl halides is 6. The second-order valence-corrected chi connectivity index (χ2v) is 9.06. The Kier molecular flexibility index (Phi) is 8.50. The maximum Gasteiger partial charge on any atom is 0.423 e. The molecule has 0 aliphatic heterocycles. The quantitative estimate of drug-likeness (QED) is 0.0880. The van der Waals surface area contributed by atoms with Crippen LogP contribution in [0.15, 0.2) is 71.1 Å². The van der Waals surface area contributed by atoms with Crippen molar-refractivity contribution in [1.82, 2.24) is 5.32 Å². The van der Waals surface area contributed by atoms with E-state index < -0.39 is 51.9 Å². The Balaban J connectivity index is 1.44. The predicted molar refractivity (Wildman–Crippen MR) is 139 cm³/mol. The van der Waals surface area contributed by atoms with Crippen molar-refractivity contribution in [2.75, 3.05) is 11.9 Å². The van der Waals surface area contributed by atoms with Crippen LogP contribution < -0.4 is 21.1 Å². The molecule has 16 heteroatoms. The number of nitrogens with zero attached hydrogens (tertiary/aromatic N) is 1. The van der Waals surface area contributed by atoms with Gasteiger partial charge in [0.25, 0.3) is 5.69 Å². The normalized spacial score (nSPS) is 12.5. The number of rotatable bonds is 9. The second-order valence-electron chi connectivity index (χ2n) is 9.06. The molecule has 4 rings (SSSR count). The summed E-state index contributed by atoms with van der Waals surface area (Å²) >= 11 is 0. The fraction of sp³-hybridized carbons (Fsp3) is 0.185. The number of ether oxygens (including phenoxy) is 1. The van der Waals surface area contributed by atoms with Crippen LogP contribution >= 0.6 is 0 Å². The summed E-state index contributed by atoms with van der Waals surface area (Å²) in [5.74, 6) is -2.10. The van der Waals surface area contributed by atoms with Crippen LogP contribution in [-0.2, 0) is 21.9 Å². The molecule has 1 aromatic heterocycles. The topological polar surface area (TPSA) is 150 Å². The van der Waals surface area contributed by atoms with E-state index in [1.807, 2.05) is 0 Å². The zero-order chi connectivity index (χ0) is 31.5. The molecular weight excluding hydrogens is 590 g/mol. The standard InChI is InChI=1S/C27H20F6N4O6/c28-26(29,30)15-1-8-22-14(11-15)12-23(43-22)20(36-25(39)24(34)38)9-10-42-18-5-2-16(3-6-18)35-17-4-7-21(37(40)41)19(13-17)27(31,32)33/h1-8,11-13,20,35H,9-10H2,(H2,34,38)(H,36,39). The molecule has 0 aliphatic carbocycles. The fourth-order valence-electron chi connectivity index (χ4n) is 4.02. The third kappa shape index (κ3) is 7.52. The monoisotopic (exact) mass is 610 g/mol. The number of hydrogen-bond acceptors (Lipinski definition) is 7. The second kappa shape index (κ2) is 11.9. The van der Waals surface area contributed by atoms with Crippen molar-refractivity contribution >= 4 is 39.8 Å². The third-order valence-electron chi connectivity index (χ3n) is 6.05. The van der Waals surface area contributed by atoms with Gasteiger partial charge in [0.2, 0.25) is 0 Å². The van der Waals surface area contributed by atoms with E-state index in [4.69, 9.17) is 14.9 Å². The van der Waals surface area contributed by atoms with Gasteiger partial charge in [0.15, 0.2) is 0 Å². The molecule has 0 fully saturated rings. The van der Waals surface area contributed by atoms with Crippen LogP contribution in [0.1, 0.15) is 29.3 Å². The highest BCUT2D eigenvalue weighted by molar-refractivity contribution is 6.34. The minimum Gasteiger partial charge on any atom is -0.494 e. The van der Waals surface area contributed by atoms with E-state index in [1.165, 1.54) is 30.3 Å². The molecule has 0 aliphatic rings. The van der Waals surface area contributed by atoms with E-state index in [0.29, 0.717) is 17.5 Å². The fourth-order valence-corrected chi connectivity index (χ4v) is 4.02. The lowest BCUT2D eigenvalue weighted by molar-refractivity contribution is -0.388. The van der Waals surface area contributed by atoms with Crippen LogP contribution in [0.3, 0.4) is 0 Å². The summed E-state index contributed by atoms with van der Waals surface area (Å²) < 4.78 is 90.2. The summed E-state index contributed by atoms with van der Waals surface area (Å²) in [6, 6.07) is 11.5. The third-order valence-corrected chi connectivity index (χ3v) is 6.05.